The van der Waals surface area contributed by atoms with E-state index in [2.05, 4.69) is 5.16 Å². The Kier molecular flexibility index (Phi) is 4.16. The zero-order chi connectivity index (χ0) is 15.7. The first kappa shape index (κ1) is 15.0. The number of carbonyl (C=O) groups excluding carboxylic acids is 1. The SMILES string of the molecule is Cc1cc(C(=O)N2CCC[C@@H]2Cc2c(F)cccc2Cl)on1. The molecule has 1 aromatic carbocycles. The van der Waals surface area contributed by atoms with E-state index in [1.165, 1.54) is 6.07 Å². The Hall–Kier alpha value is -1.88. The first-order valence-electron chi connectivity index (χ1n) is 7.23. The van der Waals surface area contributed by atoms with Gasteiger partial charge in [-0.15, -0.1) is 0 Å². The maximum Gasteiger partial charge on any atom is 0.292 e. The van der Waals surface area contributed by atoms with Gasteiger partial charge in [-0.3, -0.25) is 4.79 Å². The molecule has 0 spiro atoms. The average molecular weight is 323 g/mol. The number of amides is 1. The Bertz CT molecular complexity index is 681. The van der Waals surface area contributed by atoms with Crippen molar-refractivity contribution in [3.05, 3.63) is 52.1 Å². The van der Waals surface area contributed by atoms with E-state index >= 15 is 0 Å². The maximum absolute atomic E-state index is 13.9. The first-order valence-corrected chi connectivity index (χ1v) is 7.61. The Morgan fingerprint density at radius 1 is 1.55 bits per heavy atom. The second-order valence-corrected chi connectivity index (χ2v) is 5.94. The lowest BCUT2D eigenvalue weighted by atomic mass is 10.0. The minimum Gasteiger partial charge on any atom is -0.351 e. The maximum atomic E-state index is 13.9. The molecule has 1 amide bonds. The highest BCUT2D eigenvalue weighted by atomic mass is 35.5. The van der Waals surface area contributed by atoms with Crippen LogP contribution in [0.4, 0.5) is 4.39 Å². The van der Waals surface area contributed by atoms with Crippen LogP contribution < -0.4 is 0 Å². The number of aryl methyl sites for hydroxylation is 1. The van der Waals surface area contributed by atoms with Gasteiger partial charge >= 0.3 is 0 Å². The number of hydrogen-bond donors (Lipinski definition) is 0. The lowest BCUT2D eigenvalue weighted by molar-refractivity contribution is 0.0693. The van der Waals surface area contributed by atoms with Crippen LogP contribution in [0.1, 0.15) is 34.7 Å². The van der Waals surface area contributed by atoms with Gasteiger partial charge in [-0.25, -0.2) is 4.39 Å². The van der Waals surface area contributed by atoms with Crippen LogP contribution in [0.2, 0.25) is 5.02 Å². The number of halogens is 2. The molecule has 0 bridgehead atoms. The molecular formula is C16H16ClFN2O2. The van der Waals surface area contributed by atoms with Crippen molar-refractivity contribution in [3.8, 4) is 0 Å². The van der Waals surface area contributed by atoms with Gasteiger partial charge in [0.15, 0.2) is 0 Å². The van der Waals surface area contributed by atoms with Gasteiger partial charge in [0.2, 0.25) is 5.76 Å². The quantitative estimate of drug-likeness (QED) is 0.867. The summed E-state index contributed by atoms with van der Waals surface area (Å²) in [4.78, 5) is 14.2. The van der Waals surface area contributed by atoms with Crippen LogP contribution in [-0.2, 0) is 6.42 Å². The van der Waals surface area contributed by atoms with Crippen molar-refractivity contribution in [3.63, 3.8) is 0 Å². The van der Waals surface area contributed by atoms with E-state index in [4.69, 9.17) is 16.1 Å². The largest absolute Gasteiger partial charge is 0.351 e. The Morgan fingerprint density at radius 3 is 3.05 bits per heavy atom. The molecule has 116 valence electrons. The molecule has 6 heteroatoms. The summed E-state index contributed by atoms with van der Waals surface area (Å²) in [6.07, 6.45) is 2.11. The molecule has 1 saturated heterocycles. The predicted octanol–water partition coefficient (Wildman–Crippen LogP) is 3.62. The molecule has 0 aliphatic carbocycles. The van der Waals surface area contributed by atoms with Gasteiger partial charge in [0.25, 0.3) is 5.91 Å². The fourth-order valence-corrected chi connectivity index (χ4v) is 3.12. The minimum atomic E-state index is -0.331. The van der Waals surface area contributed by atoms with Crippen molar-refractivity contribution in [1.82, 2.24) is 10.1 Å². The van der Waals surface area contributed by atoms with Crippen molar-refractivity contribution < 1.29 is 13.7 Å². The smallest absolute Gasteiger partial charge is 0.292 e. The summed E-state index contributed by atoms with van der Waals surface area (Å²) in [5.41, 5.74) is 1.12. The molecule has 1 fully saturated rings. The van der Waals surface area contributed by atoms with Gasteiger partial charge in [-0.05, 0) is 38.3 Å². The number of rotatable bonds is 3. The topological polar surface area (TPSA) is 46.3 Å². The highest BCUT2D eigenvalue weighted by Crippen LogP contribution is 2.27. The minimum absolute atomic E-state index is 0.0766. The first-order chi connectivity index (χ1) is 10.6. The Balaban J connectivity index is 1.80. The van der Waals surface area contributed by atoms with Crippen LogP contribution in [0.3, 0.4) is 0 Å². The molecular weight excluding hydrogens is 307 g/mol. The highest BCUT2D eigenvalue weighted by molar-refractivity contribution is 6.31. The molecule has 0 saturated carbocycles. The second kappa shape index (κ2) is 6.08. The average Bonchev–Trinajstić information content (AvgIpc) is 3.11. The predicted molar refractivity (Wildman–Crippen MR) is 80.4 cm³/mol. The van der Waals surface area contributed by atoms with Crippen LogP contribution in [0.25, 0.3) is 0 Å². The molecule has 0 unspecified atom stereocenters. The lowest BCUT2D eigenvalue weighted by Gasteiger charge is -2.24. The summed E-state index contributed by atoms with van der Waals surface area (Å²) < 4.78 is 19.0. The Labute approximate surface area is 132 Å². The normalized spacial score (nSPS) is 18.0. The van der Waals surface area contributed by atoms with Crippen LogP contribution in [0.15, 0.2) is 28.8 Å². The molecule has 4 nitrogen and oxygen atoms in total. The van der Waals surface area contributed by atoms with Crippen molar-refractivity contribution in [2.75, 3.05) is 6.54 Å². The molecule has 2 aromatic rings. The fraction of sp³-hybridized carbons (Fsp3) is 0.375. The van der Waals surface area contributed by atoms with Gasteiger partial charge in [0.05, 0.1) is 5.69 Å². The van der Waals surface area contributed by atoms with Crippen LogP contribution in [0.5, 0.6) is 0 Å². The van der Waals surface area contributed by atoms with Gasteiger partial charge in [-0.2, -0.15) is 0 Å². The lowest BCUT2D eigenvalue weighted by Crippen LogP contribution is -2.36. The van der Waals surface area contributed by atoms with E-state index in [0.29, 0.717) is 29.2 Å². The molecule has 22 heavy (non-hydrogen) atoms. The zero-order valence-electron chi connectivity index (χ0n) is 12.2. The van der Waals surface area contributed by atoms with Gasteiger partial charge in [0, 0.05) is 29.2 Å². The number of nitrogens with zero attached hydrogens (tertiary/aromatic N) is 2. The molecule has 3 rings (SSSR count). The Morgan fingerprint density at radius 2 is 2.36 bits per heavy atom. The molecule has 0 radical (unpaired) electrons. The third-order valence-electron chi connectivity index (χ3n) is 3.98. The molecule has 1 aliphatic rings. The molecule has 1 atom stereocenters. The van der Waals surface area contributed by atoms with Crippen LogP contribution in [0, 0.1) is 12.7 Å². The van der Waals surface area contributed by atoms with E-state index < -0.39 is 0 Å². The van der Waals surface area contributed by atoms with Crippen molar-refractivity contribution >= 4 is 17.5 Å². The summed E-state index contributed by atoms with van der Waals surface area (Å²) in [5, 5.41) is 4.14. The van der Waals surface area contributed by atoms with Gasteiger partial charge < -0.3 is 9.42 Å². The summed E-state index contributed by atoms with van der Waals surface area (Å²) in [7, 11) is 0. The van der Waals surface area contributed by atoms with Crippen molar-refractivity contribution in [1.29, 1.82) is 0 Å². The van der Waals surface area contributed by atoms with E-state index in [1.807, 2.05) is 0 Å². The van der Waals surface area contributed by atoms with E-state index in [0.717, 1.165) is 12.8 Å². The monoisotopic (exact) mass is 322 g/mol. The third kappa shape index (κ3) is 2.86. The van der Waals surface area contributed by atoms with E-state index in [-0.39, 0.29) is 23.5 Å². The highest BCUT2D eigenvalue weighted by Gasteiger charge is 2.32. The number of likely N-dealkylation sites (tertiary alicyclic amines) is 1. The number of aromatic nitrogens is 1. The number of benzene rings is 1. The molecule has 1 aliphatic heterocycles. The van der Waals surface area contributed by atoms with Crippen LogP contribution >= 0.6 is 11.6 Å². The number of hydrogen-bond acceptors (Lipinski definition) is 3. The molecule has 2 heterocycles. The molecule has 1 aromatic heterocycles. The van der Waals surface area contributed by atoms with Gasteiger partial charge in [0.1, 0.15) is 5.82 Å². The van der Waals surface area contributed by atoms with Crippen molar-refractivity contribution in [2.24, 2.45) is 0 Å². The van der Waals surface area contributed by atoms with E-state index in [1.54, 1.807) is 30.0 Å². The summed E-state index contributed by atoms with van der Waals surface area (Å²) in [6.45, 7) is 2.40. The summed E-state index contributed by atoms with van der Waals surface area (Å²) in [6, 6.07) is 6.18. The molecule has 0 N–H and O–H groups in total. The zero-order valence-corrected chi connectivity index (χ0v) is 12.9. The van der Waals surface area contributed by atoms with Crippen molar-refractivity contribution in [2.45, 2.75) is 32.2 Å². The summed E-state index contributed by atoms with van der Waals surface area (Å²) in [5.74, 6) is -0.304. The standard InChI is InChI=1S/C16H16ClFN2O2/c1-10-8-15(22-19-10)16(21)20-7-3-4-11(20)9-12-13(17)5-2-6-14(12)18/h2,5-6,8,11H,3-4,7,9H2,1H3/t11-/m1/s1. The second-order valence-electron chi connectivity index (χ2n) is 5.53. The van der Waals surface area contributed by atoms with Crippen LogP contribution in [-0.4, -0.2) is 28.6 Å². The third-order valence-corrected chi connectivity index (χ3v) is 4.33. The fourth-order valence-electron chi connectivity index (χ4n) is 2.88. The summed E-state index contributed by atoms with van der Waals surface area (Å²) >= 11 is 6.08. The number of carbonyl (C=O) groups is 1. The van der Waals surface area contributed by atoms with E-state index in [9.17, 15) is 9.18 Å². The van der Waals surface area contributed by atoms with Gasteiger partial charge in [-0.1, -0.05) is 22.8 Å².